The average molecular weight is 258 g/mol. The molecule has 0 heterocycles. The molecule has 0 aromatic heterocycles. The number of phenolic OH excluding ortho intramolecular Hbond substituents is 2. The molecule has 2 rings (SSSR count). The van der Waals surface area contributed by atoms with Gasteiger partial charge >= 0.3 is 0 Å². The van der Waals surface area contributed by atoms with Gasteiger partial charge in [-0.1, -0.05) is 12.1 Å². The summed E-state index contributed by atoms with van der Waals surface area (Å²) in [5, 5.41) is 18.4. The first kappa shape index (κ1) is 12.2. The molecular weight excluding hydrogens is 252 g/mol. The Hall–Kier alpha value is -2.24. The molecule has 0 spiro atoms. The van der Waals surface area contributed by atoms with Crippen molar-refractivity contribution in [3.8, 4) is 22.6 Å². The lowest BCUT2D eigenvalue weighted by Gasteiger charge is -2.09. The third-order valence-corrected chi connectivity index (χ3v) is 2.40. The van der Waals surface area contributed by atoms with E-state index in [0.29, 0.717) is 0 Å². The van der Waals surface area contributed by atoms with E-state index >= 15 is 0 Å². The summed E-state index contributed by atoms with van der Waals surface area (Å²) in [6, 6.07) is 4.52. The fourth-order valence-electron chi connectivity index (χ4n) is 1.51. The van der Waals surface area contributed by atoms with Crippen LogP contribution in [0.15, 0.2) is 24.3 Å². The monoisotopic (exact) mass is 258 g/mol. The lowest BCUT2D eigenvalue weighted by Crippen LogP contribution is -1.99. The number of rotatable bonds is 1. The van der Waals surface area contributed by atoms with E-state index in [1.54, 1.807) is 0 Å². The van der Waals surface area contributed by atoms with Crippen LogP contribution < -0.4 is 0 Å². The molecule has 0 amide bonds. The molecule has 0 radical (unpaired) electrons. The molecule has 2 aromatic carbocycles. The van der Waals surface area contributed by atoms with Gasteiger partial charge in [0, 0.05) is 0 Å². The molecule has 0 unspecified atom stereocenters. The molecule has 2 aromatic rings. The zero-order chi connectivity index (χ0) is 13.4. The first-order chi connectivity index (χ1) is 8.43. The van der Waals surface area contributed by atoms with Crippen LogP contribution in [-0.2, 0) is 0 Å². The lowest BCUT2D eigenvalue weighted by molar-refractivity contribution is 0.368. The van der Waals surface area contributed by atoms with Crippen molar-refractivity contribution < 1.29 is 27.8 Å². The summed E-state index contributed by atoms with van der Waals surface area (Å²) in [5.74, 6) is -9.12. The van der Waals surface area contributed by atoms with Gasteiger partial charge in [-0.25, -0.2) is 13.2 Å². The molecule has 18 heavy (non-hydrogen) atoms. The second-order valence-corrected chi connectivity index (χ2v) is 3.53. The van der Waals surface area contributed by atoms with Crippen LogP contribution in [0.25, 0.3) is 11.1 Å². The summed E-state index contributed by atoms with van der Waals surface area (Å²) >= 11 is 0. The maximum atomic E-state index is 13.5. The number of benzene rings is 2. The predicted molar refractivity (Wildman–Crippen MR) is 55.0 cm³/mol. The number of hydrogen-bond donors (Lipinski definition) is 2. The highest BCUT2D eigenvalue weighted by atomic mass is 19.2. The van der Waals surface area contributed by atoms with E-state index in [1.165, 1.54) is 0 Å². The van der Waals surface area contributed by atoms with Gasteiger partial charge in [-0.05, 0) is 17.7 Å². The highest BCUT2D eigenvalue weighted by Gasteiger charge is 2.25. The highest BCUT2D eigenvalue weighted by Crippen LogP contribution is 2.37. The van der Waals surface area contributed by atoms with Crippen LogP contribution in [0.2, 0.25) is 0 Å². The molecule has 0 aliphatic carbocycles. The fourth-order valence-corrected chi connectivity index (χ4v) is 1.51. The van der Waals surface area contributed by atoms with Gasteiger partial charge in [-0.15, -0.1) is 0 Å². The Kier molecular flexibility index (Phi) is 2.86. The minimum absolute atomic E-state index is 0.0967. The van der Waals surface area contributed by atoms with Gasteiger partial charge in [-0.2, -0.15) is 4.39 Å². The van der Waals surface area contributed by atoms with Crippen molar-refractivity contribution in [2.75, 3.05) is 0 Å². The minimum atomic E-state index is -2.08. The number of halogens is 4. The van der Waals surface area contributed by atoms with Crippen LogP contribution in [0.5, 0.6) is 11.5 Å². The van der Waals surface area contributed by atoms with Crippen molar-refractivity contribution in [1.29, 1.82) is 0 Å². The molecule has 94 valence electrons. The van der Waals surface area contributed by atoms with E-state index in [4.69, 9.17) is 5.11 Å². The zero-order valence-electron chi connectivity index (χ0n) is 8.72. The van der Waals surface area contributed by atoms with Crippen molar-refractivity contribution in [3.05, 3.63) is 47.5 Å². The minimum Gasteiger partial charge on any atom is -0.508 e. The first-order valence-corrected chi connectivity index (χ1v) is 4.77. The first-order valence-electron chi connectivity index (χ1n) is 4.77. The van der Waals surface area contributed by atoms with Crippen molar-refractivity contribution >= 4 is 0 Å². The summed E-state index contributed by atoms with van der Waals surface area (Å²) in [7, 11) is 0. The molecule has 2 nitrogen and oxygen atoms in total. The summed E-state index contributed by atoms with van der Waals surface area (Å²) < 4.78 is 52.5. The SMILES string of the molecule is Oc1ccc(-c2c(O)c(F)c(F)c(F)c2F)cc1. The van der Waals surface area contributed by atoms with Crippen LogP contribution in [0.1, 0.15) is 0 Å². The van der Waals surface area contributed by atoms with Crippen molar-refractivity contribution in [1.82, 2.24) is 0 Å². The fraction of sp³-hybridized carbons (Fsp3) is 0. The van der Waals surface area contributed by atoms with Gasteiger partial charge in [0.25, 0.3) is 0 Å². The lowest BCUT2D eigenvalue weighted by atomic mass is 10.0. The van der Waals surface area contributed by atoms with Crippen LogP contribution in [0.3, 0.4) is 0 Å². The predicted octanol–water partition coefficient (Wildman–Crippen LogP) is 3.32. The largest absolute Gasteiger partial charge is 0.508 e. The van der Waals surface area contributed by atoms with Gasteiger partial charge < -0.3 is 10.2 Å². The smallest absolute Gasteiger partial charge is 0.204 e. The second-order valence-electron chi connectivity index (χ2n) is 3.53. The molecule has 0 bridgehead atoms. The second kappa shape index (κ2) is 4.21. The van der Waals surface area contributed by atoms with E-state index < -0.39 is 34.6 Å². The van der Waals surface area contributed by atoms with Gasteiger partial charge in [0.05, 0.1) is 5.56 Å². The van der Waals surface area contributed by atoms with Crippen LogP contribution in [-0.4, -0.2) is 10.2 Å². The Morgan fingerprint density at radius 1 is 0.667 bits per heavy atom. The molecule has 2 N–H and O–H groups in total. The molecule has 6 heteroatoms. The molecular formula is C12H6F4O2. The normalized spacial score (nSPS) is 10.7. The van der Waals surface area contributed by atoms with Gasteiger partial charge in [-0.3, -0.25) is 0 Å². The number of phenols is 2. The molecule has 0 atom stereocenters. The van der Waals surface area contributed by atoms with Gasteiger partial charge in [0.1, 0.15) is 5.75 Å². The van der Waals surface area contributed by atoms with E-state index in [9.17, 15) is 22.7 Å². The van der Waals surface area contributed by atoms with E-state index in [2.05, 4.69) is 0 Å². The van der Waals surface area contributed by atoms with Crippen LogP contribution in [0, 0.1) is 23.3 Å². The molecule has 0 saturated carbocycles. The zero-order valence-corrected chi connectivity index (χ0v) is 8.72. The quantitative estimate of drug-likeness (QED) is 0.468. The number of aromatic hydroxyl groups is 2. The summed E-state index contributed by atoms with van der Waals surface area (Å²) in [6.07, 6.45) is 0. The number of hydrogen-bond acceptors (Lipinski definition) is 2. The maximum Gasteiger partial charge on any atom is 0.204 e. The Balaban J connectivity index is 2.75. The highest BCUT2D eigenvalue weighted by molar-refractivity contribution is 5.71. The van der Waals surface area contributed by atoms with E-state index in [1.807, 2.05) is 0 Å². The Morgan fingerprint density at radius 2 is 1.17 bits per heavy atom. The van der Waals surface area contributed by atoms with Crippen molar-refractivity contribution in [2.24, 2.45) is 0 Å². The van der Waals surface area contributed by atoms with Crippen molar-refractivity contribution in [3.63, 3.8) is 0 Å². The standard InChI is InChI=1S/C12H6F4O2/c13-8-7(5-1-3-6(17)4-2-5)12(18)11(16)10(15)9(8)14/h1-4,17-18H. The van der Waals surface area contributed by atoms with E-state index in [0.717, 1.165) is 24.3 Å². The van der Waals surface area contributed by atoms with E-state index in [-0.39, 0.29) is 11.3 Å². The molecule has 0 fully saturated rings. The van der Waals surface area contributed by atoms with Crippen LogP contribution >= 0.6 is 0 Å². The maximum absolute atomic E-state index is 13.5. The molecule has 0 aliphatic heterocycles. The van der Waals surface area contributed by atoms with Crippen LogP contribution in [0.4, 0.5) is 17.6 Å². The topological polar surface area (TPSA) is 40.5 Å². The summed E-state index contributed by atoms with van der Waals surface area (Å²) in [5.41, 5.74) is -0.896. The summed E-state index contributed by atoms with van der Waals surface area (Å²) in [6.45, 7) is 0. The molecule has 0 aliphatic rings. The average Bonchev–Trinajstić information content (AvgIpc) is 2.36. The Labute approximate surface area is 98.7 Å². The van der Waals surface area contributed by atoms with Gasteiger partial charge in [0.2, 0.25) is 11.6 Å². The molecule has 0 saturated heterocycles. The summed E-state index contributed by atoms with van der Waals surface area (Å²) in [4.78, 5) is 0. The van der Waals surface area contributed by atoms with Crippen molar-refractivity contribution in [2.45, 2.75) is 0 Å². The third kappa shape index (κ3) is 1.75. The third-order valence-electron chi connectivity index (χ3n) is 2.40. The Bertz CT molecular complexity index is 579. The van der Waals surface area contributed by atoms with Gasteiger partial charge in [0.15, 0.2) is 17.4 Å². The Morgan fingerprint density at radius 3 is 1.72 bits per heavy atom.